The van der Waals surface area contributed by atoms with E-state index in [1.807, 2.05) is 30.3 Å². The Morgan fingerprint density at radius 2 is 1.62 bits per heavy atom. The van der Waals surface area contributed by atoms with E-state index in [2.05, 4.69) is 5.32 Å². The highest BCUT2D eigenvalue weighted by atomic mass is 16.6. The molecule has 132 valence electrons. The number of anilines is 1. The van der Waals surface area contributed by atoms with Gasteiger partial charge in [0.25, 0.3) is 11.6 Å². The molecule has 0 aliphatic heterocycles. The molecule has 0 saturated heterocycles. The minimum atomic E-state index is -0.628. The van der Waals surface area contributed by atoms with Gasteiger partial charge in [-0.2, -0.15) is 0 Å². The molecule has 7 nitrogen and oxygen atoms in total. The molecule has 0 saturated carbocycles. The molecule has 26 heavy (non-hydrogen) atoms. The van der Waals surface area contributed by atoms with Crippen LogP contribution >= 0.6 is 0 Å². The topological polar surface area (TPSA) is 90.7 Å². The molecule has 3 aromatic carbocycles. The fraction of sp³-hybridized carbons (Fsp3) is 0.105. The summed E-state index contributed by atoms with van der Waals surface area (Å²) in [4.78, 5) is 23.4. The molecule has 3 aromatic rings. The van der Waals surface area contributed by atoms with Crippen molar-refractivity contribution < 1.29 is 19.2 Å². The number of carbonyl (C=O) groups is 1. The lowest BCUT2D eigenvalue weighted by atomic mass is 10.1. The zero-order valence-corrected chi connectivity index (χ0v) is 14.2. The highest BCUT2D eigenvalue weighted by Gasteiger charge is 2.24. The van der Waals surface area contributed by atoms with Crippen LogP contribution in [0.1, 0.15) is 10.4 Å². The van der Waals surface area contributed by atoms with Crippen molar-refractivity contribution in [3.05, 3.63) is 70.3 Å². The summed E-state index contributed by atoms with van der Waals surface area (Å²) < 4.78 is 10.2. The fourth-order valence-corrected chi connectivity index (χ4v) is 2.67. The highest BCUT2D eigenvalue weighted by molar-refractivity contribution is 6.08. The smallest absolute Gasteiger partial charge is 0.286 e. The fourth-order valence-electron chi connectivity index (χ4n) is 2.67. The van der Waals surface area contributed by atoms with Crippen LogP contribution in [0.25, 0.3) is 10.8 Å². The first kappa shape index (κ1) is 17.2. The number of nitrogens with zero attached hydrogens (tertiary/aromatic N) is 1. The van der Waals surface area contributed by atoms with Crippen molar-refractivity contribution in [3.8, 4) is 11.5 Å². The van der Waals surface area contributed by atoms with E-state index in [1.54, 1.807) is 12.1 Å². The molecule has 0 spiro atoms. The molecule has 0 radical (unpaired) electrons. The predicted molar refractivity (Wildman–Crippen MR) is 98.1 cm³/mol. The van der Waals surface area contributed by atoms with Crippen LogP contribution in [0.4, 0.5) is 11.4 Å². The molecule has 0 unspecified atom stereocenters. The number of hydrogen-bond donors (Lipinski definition) is 1. The van der Waals surface area contributed by atoms with Crippen LogP contribution in [0.3, 0.4) is 0 Å². The molecule has 0 aromatic heterocycles. The second kappa shape index (κ2) is 7.10. The Morgan fingerprint density at radius 1 is 0.962 bits per heavy atom. The quantitative estimate of drug-likeness (QED) is 0.553. The molecule has 1 N–H and O–H groups in total. The van der Waals surface area contributed by atoms with Crippen molar-refractivity contribution in [1.29, 1.82) is 0 Å². The maximum Gasteiger partial charge on any atom is 0.286 e. The van der Waals surface area contributed by atoms with Crippen LogP contribution in [0.2, 0.25) is 0 Å². The molecule has 3 rings (SSSR count). The number of rotatable bonds is 5. The summed E-state index contributed by atoms with van der Waals surface area (Å²) in [6.07, 6.45) is 0. The number of ether oxygens (including phenoxy) is 2. The second-order valence-corrected chi connectivity index (χ2v) is 5.50. The Morgan fingerprint density at radius 3 is 2.27 bits per heavy atom. The maximum absolute atomic E-state index is 12.6. The zero-order chi connectivity index (χ0) is 18.7. The number of nitro groups is 1. The van der Waals surface area contributed by atoms with Gasteiger partial charge in [0.15, 0.2) is 11.5 Å². The zero-order valence-electron chi connectivity index (χ0n) is 14.2. The normalized spacial score (nSPS) is 10.4. The number of amides is 1. The standard InChI is InChI=1S/C19H16N2O5/c1-25-17-10-15(16(21(23)24)11-18(17)26-2)19(22)20-14-8-7-12-5-3-4-6-13(12)9-14/h3-11H,1-2H3,(H,20,22). The molecule has 0 aliphatic rings. The van der Waals surface area contributed by atoms with Crippen molar-refractivity contribution in [2.45, 2.75) is 0 Å². The Kier molecular flexibility index (Phi) is 4.70. The first-order valence-corrected chi connectivity index (χ1v) is 7.74. The maximum atomic E-state index is 12.6. The van der Waals surface area contributed by atoms with Crippen molar-refractivity contribution >= 4 is 28.1 Å². The lowest BCUT2D eigenvalue weighted by Crippen LogP contribution is -2.14. The third-order valence-electron chi connectivity index (χ3n) is 3.95. The van der Waals surface area contributed by atoms with E-state index in [0.29, 0.717) is 5.69 Å². The van der Waals surface area contributed by atoms with E-state index in [9.17, 15) is 14.9 Å². The molecule has 0 atom stereocenters. The second-order valence-electron chi connectivity index (χ2n) is 5.50. The number of methoxy groups -OCH3 is 2. The van der Waals surface area contributed by atoms with Gasteiger partial charge in [0.1, 0.15) is 5.56 Å². The summed E-state index contributed by atoms with van der Waals surface area (Å²) in [5.41, 5.74) is 0.0690. The van der Waals surface area contributed by atoms with E-state index in [-0.39, 0.29) is 22.7 Å². The van der Waals surface area contributed by atoms with E-state index in [1.165, 1.54) is 26.4 Å². The van der Waals surface area contributed by atoms with Crippen molar-refractivity contribution in [3.63, 3.8) is 0 Å². The Labute approximate surface area is 149 Å². The van der Waals surface area contributed by atoms with Crippen LogP contribution in [0.15, 0.2) is 54.6 Å². The minimum Gasteiger partial charge on any atom is -0.493 e. The number of nitro benzene ring substituents is 1. The van der Waals surface area contributed by atoms with Crippen molar-refractivity contribution in [2.24, 2.45) is 0 Å². The summed E-state index contributed by atoms with van der Waals surface area (Å²) in [5.74, 6) is -0.184. The first-order chi connectivity index (χ1) is 12.5. The summed E-state index contributed by atoms with van der Waals surface area (Å²) in [5, 5.41) is 16.0. The van der Waals surface area contributed by atoms with E-state index < -0.39 is 10.8 Å². The summed E-state index contributed by atoms with van der Waals surface area (Å²) in [6.45, 7) is 0. The Hall–Kier alpha value is -3.61. The van der Waals surface area contributed by atoms with Gasteiger partial charge in [0, 0.05) is 11.8 Å². The average Bonchev–Trinajstić information content (AvgIpc) is 2.66. The van der Waals surface area contributed by atoms with Gasteiger partial charge in [-0.25, -0.2) is 0 Å². The van der Waals surface area contributed by atoms with Gasteiger partial charge in [0.05, 0.1) is 25.2 Å². The minimum absolute atomic E-state index is 0.110. The van der Waals surface area contributed by atoms with Gasteiger partial charge >= 0.3 is 0 Å². The summed E-state index contributed by atoms with van der Waals surface area (Å²) in [6, 6.07) is 15.6. The van der Waals surface area contributed by atoms with Crippen LogP contribution < -0.4 is 14.8 Å². The van der Waals surface area contributed by atoms with Gasteiger partial charge in [-0.05, 0) is 22.9 Å². The van der Waals surface area contributed by atoms with Crippen LogP contribution in [-0.2, 0) is 0 Å². The number of hydrogen-bond acceptors (Lipinski definition) is 5. The molecular weight excluding hydrogens is 336 g/mol. The van der Waals surface area contributed by atoms with Crippen LogP contribution in [0, 0.1) is 10.1 Å². The molecule has 0 fully saturated rings. The molecular formula is C19H16N2O5. The Balaban J connectivity index is 1.98. The molecule has 1 amide bonds. The first-order valence-electron chi connectivity index (χ1n) is 7.74. The van der Waals surface area contributed by atoms with Crippen molar-refractivity contribution in [2.75, 3.05) is 19.5 Å². The van der Waals surface area contributed by atoms with Crippen LogP contribution in [0.5, 0.6) is 11.5 Å². The highest BCUT2D eigenvalue weighted by Crippen LogP contribution is 2.35. The lowest BCUT2D eigenvalue weighted by molar-refractivity contribution is -0.385. The SMILES string of the molecule is COc1cc(C(=O)Nc2ccc3ccccc3c2)c([N+](=O)[O-])cc1OC. The molecule has 0 aliphatic carbocycles. The van der Waals surface area contributed by atoms with Gasteiger partial charge in [-0.1, -0.05) is 30.3 Å². The van der Waals surface area contributed by atoms with Crippen molar-refractivity contribution in [1.82, 2.24) is 0 Å². The summed E-state index contributed by atoms with van der Waals surface area (Å²) >= 11 is 0. The Bertz CT molecular complexity index is 1000. The van der Waals surface area contributed by atoms with Gasteiger partial charge < -0.3 is 14.8 Å². The average molecular weight is 352 g/mol. The molecule has 7 heteroatoms. The number of carbonyl (C=O) groups excluding carboxylic acids is 1. The number of benzene rings is 3. The van der Waals surface area contributed by atoms with E-state index in [0.717, 1.165) is 10.8 Å². The molecule has 0 bridgehead atoms. The van der Waals surface area contributed by atoms with Gasteiger partial charge in [-0.15, -0.1) is 0 Å². The molecule has 0 heterocycles. The number of fused-ring (bicyclic) bond motifs is 1. The summed E-state index contributed by atoms with van der Waals surface area (Å²) in [7, 11) is 2.77. The van der Waals surface area contributed by atoms with E-state index in [4.69, 9.17) is 9.47 Å². The van der Waals surface area contributed by atoms with Gasteiger partial charge in [-0.3, -0.25) is 14.9 Å². The monoisotopic (exact) mass is 352 g/mol. The number of nitrogens with one attached hydrogen (secondary N) is 1. The third kappa shape index (κ3) is 3.27. The predicted octanol–water partition coefficient (Wildman–Crippen LogP) is 4.02. The van der Waals surface area contributed by atoms with E-state index >= 15 is 0 Å². The lowest BCUT2D eigenvalue weighted by Gasteiger charge is -2.11. The van der Waals surface area contributed by atoms with Gasteiger partial charge in [0.2, 0.25) is 0 Å². The third-order valence-corrected chi connectivity index (χ3v) is 3.95. The largest absolute Gasteiger partial charge is 0.493 e. The van der Waals surface area contributed by atoms with Crippen LogP contribution in [-0.4, -0.2) is 25.1 Å².